The Morgan fingerprint density at radius 2 is 1.94 bits per heavy atom. The summed E-state index contributed by atoms with van der Waals surface area (Å²) in [6.07, 6.45) is 5.51. The molecular formula is C14H24O2. The van der Waals surface area contributed by atoms with Gasteiger partial charge in [0, 0.05) is 5.92 Å². The second kappa shape index (κ2) is 5.15. The zero-order valence-corrected chi connectivity index (χ0v) is 11.1. The van der Waals surface area contributed by atoms with Crippen molar-refractivity contribution in [3.05, 3.63) is 24.3 Å². The highest BCUT2D eigenvalue weighted by Gasteiger charge is 2.27. The fourth-order valence-corrected chi connectivity index (χ4v) is 1.68. The lowest BCUT2D eigenvalue weighted by Gasteiger charge is -2.31. The molecule has 0 aliphatic heterocycles. The van der Waals surface area contributed by atoms with Crippen molar-refractivity contribution in [1.29, 1.82) is 0 Å². The van der Waals surface area contributed by atoms with E-state index in [4.69, 9.17) is 9.78 Å². The molecule has 0 fully saturated rings. The molecule has 0 amide bonds. The molecule has 0 heterocycles. The van der Waals surface area contributed by atoms with Gasteiger partial charge in [0.05, 0.1) is 11.7 Å². The van der Waals surface area contributed by atoms with Gasteiger partial charge in [-0.2, -0.15) is 0 Å². The van der Waals surface area contributed by atoms with Crippen LogP contribution in [0, 0.1) is 11.8 Å². The normalized spacial score (nSPS) is 30.4. The minimum Gasteiger partial charge on any atom is -0.232 e. The summed E-state index contributed by atoms with van der Waals surface area (Å²) >= 11 is 0. The minimum absolute atomic E-state index is 0.130. The maximum atomic E-state index is 5.55. The first-order valence-corrected chi connectivity index (χ1v) is 5.98. The van der Waals surface area contributed by atoms with E-state index in [0.29, 0.717) is 11.8 Å². The molecule has 0 aromatic heterocycles. The number of allylic oxidation sites excluding steroid dienone is 2. The molecule has 0 saturated heterocycles. The monoisotopic (exact) mass is 224 g/mol. The number of hydrogen-bond donors (Lipinski definition) is 0. The fraction of sp³-hybridized carbons (Fsp3) is 0.714. The van der Waals surface area contributed by atoms with Gasteiger partial charge in [-0.05, 0) is 40.0 Å². The second-order valence-corrected chi connectivity index (χ2v) is 5.76. The first-order chi connectivity index (χ1) is 7.29. The predicted octanol–water partition coefficient (Wildman–Crippen LogP) is 3.89. The standard InChI is InChI=1S/C14H24O2/c1-10(2)12-8-7-11(3)13(9-12)15-16-14(4,5)6/h7-8,11-13H,1,9H2,2-6H3/t11?,12-,13+/m1/s1. The van der Waals surface area contributed by atoms with Crippen LogP contribution in [0.2, 0.25) is 0 Å². The second-order valence-electron chi connectivity index (χ2n) is 5.76. The summed E-state index contributed by atoms with van der Waals surface area (Å²) < 4.78 is 0. The summed E-state index contributed by atoms with van der Waals surface area (Å²) in [5.74, 6) is 0.822. The molecule has 1 rings (SSSR count). The van der Waals surface area contributed by atoms with Crippen molar-refractivity contribution >= 4 is 0 Å². The Balaban J connectivity index is 2.54. The van der Waals surface area contributed by atoms with Crippen molar-refractivity contribution in [2.75, 3.05) is 0 Å². The zero-order chi connectivity index (χ0) is 12.3. The molecule has 3 atom stereocenters. The van der Waals surface area contributed by atoms with Crippen LogP contribution in [0.25, 0.3) is 0 Å². The molecular weight excluding hydrogens is 200 g/mol. The molecule has 1 unspecified atom stereocenters. The molecule has 0 aromatic rings. The molecule has 0 radical (unpaired) electrons. The molecule has 2 heteroatoms. The van der Waals surface area contributed by atoms with Crippen molar-refractivity contribution in [3.63, 3.8) is 0 Å². The third-order valence-corrected chi connectivity index (χ3v) is 2.77. The maximum Gasteiger partial charge on any atom is 0.0998 e. The molecule has 0 bridgehead atoms. The average molecular weight is 224 g/mol. The summed E-state index contributed by atoms with van der Waals surface area (Å²) in [6, 6.07) is 0. The van der Waals surface area contributed by atoms with Crippen molar-refractivity contribution in [1.82, 2.24) is 0 Å². The van der Waals surface area contributed by atoms with E-state index in [1.54, 1.807) is 0 Å². The van der Waals surface area contributed by atoms with Crippen LogP contribution in [0.1, 0.15) is 41.0 Å². The third kappa shape index (κ3) is 4.11. The van der Waals surface area contributed by atoms with Crippen molar-refractivity contribution in [2.45, 2.75) is 52.7 Å². The highest BCUT2D eigenvalue weighted by molar-refractivity contribution is 5.12. The van der Waals surface area contributed by atoms with E-state index in [2.05, 4.69) is 32.6 Å². The molecule has 0 N–H and O–H groups in total. The predicted molar refractivity (Wildman–Crippen MR) is 66.9 cm³/mol. The highest BCUT2D eigenvalue weighted by Crippen LogP contribution is 2.29. The largest absolute Gasteiger partial charge is 0.232 e. The lowest BCUT2D eigenvalue weighted by atomic mass is 9.84. The van der Waals surface area contributed by atoms with Gasteiger partial charge in [0.2, 0.25) is 0 Å². The topological polar surface area (TPSA) is 18.5 Å². The van der Waals surface area contributed by atoms with Gasteiger partial charge in [-0.25, -0.2) is 9.78 Å². The van der Waals surface area contributed by atoms with Crippen molar-refractivity contribution in [2.24, 2.45) is 11.8 Å². The minimum atomic E-state index is -0.250. The molecule has 16 heavy (non-hydrogen) atoms. The first-order valence-electron chi connectivity index (χ1n) is 5.98. The van der Waals surface area contributed by atoms with Crippen LogP contribution < -0.4 is 0 Å². The lowest BCUT2D eigenvalue weighted by Crippen LogP contribution is -2.31. The Kier molecular flexibility index (Phi) is 4.34. The van der Waals surface area contributed by atoms with Crippen LogP contribution in [0.3, 0.4) is 0 Å². The van der Waals surface area contributed by atoms with Gasteiger partial charge in [0.25, 0.3) is 0 Å². The Bertz CT molecular complexity index is 273. The summed E-state index contributed by atoms with van der Waals surface area (Å²) in [7, 11) is 0. The van der Waals surface area contributed by atoms with Gasteiger partial charge in [0.1, 0.15) is 0 Å². The van der Waals surface area contributed by atoms with Gasteiger partial charge in [-0.15, -0.1) is 0 Å². The first kappa shape index (κ1) is 13.5. The molecule has 0 aromatic carbocycles. The van der Waals surface area contributed by atoms with E-state index in [1.165, 1.54) is 5.57 Å². The molecule has 1 aliphatic carbocycles. The van der Waals surface area contributed by atoms with Crippen LogP contribution >= 0.6 is 0 Å². The van der Waals surface area contributed by atoms with E-state index < -0.39 is 0 Å². The zero-order valence-electron chi connectivity index (χ0n) is 11.1. The van der Waals surface area contributed by atoms with Crippen LogP contribution in [-0.2, 0) is 9.78 Å². The fourth-order valence-electron chi connectivity index (χ4n) is 1.68. The van der Waals surface area contributed by atoms with Crippen molar-refractivity contribution in [3.8, 4) is 0 Å². The van der Waals surface area contributed by atoms with E-state index in [0.717, 1.165) is 6.42 Å². The quantitative estimate of drug-likeness (QED) is 0.411. The lowest BCUT2D eigenvalue weighted by molar-refractivity contribution is -0.379. The van der Waals surface area contributed by atoms with Gasteiger partial charge in [0.15, 0.2) is 0 Å². The van der Waals surface area contributed by atoms with Gasteiger partial charge in [-0.3, -0.25) is 0 Å². The molecule has 0 spiro atoms. The summed E-state index contributed by atoms with van der Waals surface area (Å²) in [6.45, 7) is 14.2. The van der Waals surface area contributed by atoms with Gasteiger partial charge in [-0.1, -0.05) is 31.2 Å². The van der Waals surface area contributed by atoms with Gasteiger partial charge < -0.3 is 0 Å². The van der Waals surface area contributed by atoms with E-state index in [-0.39, 0.29) is 11.7 Å². The number of hydrogen-bond acceptors (Lipinski definition) is 2. The summed E-state index contributed by atoms with van der Waals surface area (Å²) in [5, 5.41) is 0. The average Bonchev–Trinajstić information content (AvgIpc) is 2.14. The molecule has 92 valence electrons. The molecule has 1 aliphatic rings. The Morgan fingerprint density at radius 1 is 1.31 bits per heavy atom. The summed E-state index contributed by atoms with van der Waals surface area (Å²) in [4.78, 5) is 11.0. The Morgan fingerprint density at radius 3 is 2.44 bits per heavy atom. The van der Waals surface area contributed by atoms with E-state index in [1.807, 2.05) is 20.8 Å². The van der Waals surface area contributed by atoms with Crippen molar-refractivity contribution < 1.29 is 9.78 Å². The van der Waals surface area contributed by atoms with E-state index >= 15 is 0 Å². The smallest absolute Gasteiger partial charge is 0.0998 e. The molecule has 2 nitrogen and oxygen atoms in total. The van der Waals surface area contributed by atoms with Crippen LogP contribution in [-0.4, -0.2) is 11.7 Å². The van der Waals surface area contributed by atoms with Crippen LogP contribution in [0.4, 0.5) is 0 Å². The highest BCUT2D eigenvalue weighted by atomic mass is 17.2. The molecule has 0 saturated carbocycles. The maximum absolute atomic E-state index is 5.55. The van der Waals surface area contributed by atoms with Crippen LogP contribution in [0.5, 0.6) is 0 Å². The third-order valence-electron chi connectivity index (χ3n) is 2.77. The van der Waals surface area contributed by atoms with Crippen LogP contribution in [0.15, 0.2) is 24.3 Å². The summed E-state index contributed by atoms with van der Waals surface area (Å²) in [5.41, 5.74) is 0.937. The Hall–Kier alpha value is -0.600. The Labute approximate surface area is 99.3 Å². The number of rotatable bonds is 3. The van der Waals surface area contributed by atoms with E-state index in [9.17, 15) is 0 Å². The SMILES string of the molecule is C=C(C)[C@@H]1C=CC(C)[C@@H](OOC(C)(C)C)C1. The van der Waals surface area contributed by atoms with Gasteiger partial charge >= 0.3 is 0 Å².